The van der Waals surface area contributed by atoms with Gasteiger partial charge in [-0.3, -0.25) is 9.69 Å². The molecule has 2 N–H and O–H groups in total. The highest BCUT2D eigenvalue weighted by Gasteiger charge is 2.34. The van der Waals surface area contributed by atoms with Crippen molar-refractivity contribution in [1.82, 2.24) is 9.80 Å². The Morgan fingerprint density at radius 2 is 2.06 bits per heavy atom. The monoisotopic (exact) mass is 227 g/mol. The molecule has 4 nitrogen and oxygen atoms in total. The molecule has 0 bridgehead atoms. The van der Waals surface area contributed by atoms with Crippen LogP contribution in [0.2, 0.25) is 0 Å². The van der Waals surface area contributed by atoms with Crippen LogP contribution in [0.1, 0.15) is 27.7 Å². The predicted octanol–water partition coefficient (Wildman–Crippen LogP) is 0.524. The molecule has 16 heavy (non-hydrogen) atoms. The van der Waals surface area contributed by atoms with Gasteiger partial charge in [-0.1, -0.05) is 6.92 Å². The number of hydrogen-bond acceptors (Lipinski definition) is 3. The number of carbonyl (C=O) groups is 1. The molecule has 1 amide bonds. The van der Waals surface area contributed by atoms with Gasteiger partial charge in [0, 0.05) is 32.2 Å². The van der Waals surface area contributed by atoms with Crippen molar-refractivity contribution in [2.45, 2.75) is 33.7 Å². The highest BCUT2D eigenvalue weighted by Crippen LogP contribution is 2.19. The highest BCUT2D eigenvalue weighted by molar-refractivity contribution is 5.82. The summed E-state index contributed by atoms with van der Waals surface area (Å²) in [4.78, 5) is 16.6. The smallest absolute Gasteiger partial charge is 0.229 e. The third kappa shape index (κ3) is 2.74. The molecule has 1 fully saturated rings. The van der Waals surface area contributed by atoms with E-state index in [1.807, 2.05) is 18.7 Å². The first-order valence-corrected chi connectivity index (χ1v) is 6.16. The molecular formula is C12H25N3O. The van der Waals surface area contributed by atoms with Crippen molar-refractivity contribution in [3.05, 3.63) is 0 Å². The van der Waals surface area contributed by atoms with Crippen molar-refractivity contribution in [3.8, 4) is 0 Å². The van der Waals surface area contributed by atoms with E-state index in [4.69, 9.17) is 5.73 Å². The molecule has 0 spiro atoms. The van der Waals surface area contributed by atoms with Crippen LogP contribution >= 0.6 is 0 Å². The molecule has 1 heterocycles. The zero-order chi connectivity index (χ0) is 12.3. The minimum atomic E-state index is -0.423. The van der Waals surface area contributed by atoms with E-state index >= 15 is 0 Å². The number of nitrogens with two attached hydrogens (primary N) is 1. The Hall–Kier alpha value is -0.610. The topological polar surface area (TPSA) is 49.6 Å². The molecule has 1 rings (SSSR count). The van der Waals surface area contributed by atoms with Gasteiger partial charge in [0.15, 0.2) is 0 Å². The molecule has 1 unspecified atom stereocenters. The molecule has 1 aliphatic rings. The van der Waals surface area contributed by atoms with Crippen LogP contribution < -0.4 is 5.73 Å². The Kier molecular flexibility index (Phi) is 4.33. The summed E-state index contributed by atoms with van der Waals surface area (Å²) in [6, 6.07) is 0.455. The molecule has 1 aliphatic heterocycles. The molecule has 0 saturated carbocycles. The second-order valence-corrected chi connectivity index (χ2v) is 5.32. The van der Waals surface area contributed by atoms with Gasteiger partial charge in [-0.25, -0.2) is 0 Å². The van der Waals surface area contributed by atoms with E-state index in [0.717, 1.165) is 26.2 Å². The van der Waals surface area contributed by atoms with Gasteiger partial charge >= 0.3 is 0 Å². The lowest BCUT2D eigenvalue weighted by atomic mass is 9.91. The Morgan fingerprint density at radius 1 is 1.44 bits per heavy atom. The first kappa shape index (κ1) is 13.5. The fourth-order valence-electron chi connectivity index (χ4n) is 2.16. The molecule has 0 aromatic carbocycles. The maximum absolute atomic E-state index is 12.2. The van der Waals surface area contributed by atoms with E-state index in [1.165, 1.54) is 0 Å². The largest absolute Gasteiger partial charge is 0.339 e. The van der Waals surface area contributed by atoms with E-state index in [1.54, 1.807) is 0 Å². The van der Waals surface area contributed by atoms with E-state index in [2.05, 4.69) is 18.7 Å². The number of nitrogens with zero attached hydrogens (tertiary/aromatic N) is 2. The molecule has 0 aromatic heterocycles. The summed E-state index contributed by atoms with van der Waals surface area (Å²) < 4.78 is 0. The highest BCUT2D eigenvalue weighted by atomic mass is 16.2. The number of rotatable bonds is 3. The van der Waals surface area contributed by atoms with Gasteiger partial charge < -0.3 is 10.6 Å². The van der Waals surface area contributed by atoms with Crippen LogP contribution in [0.5, 0.6) is 0 Å². The van der Waals surface area contributed by atoms with Crippen molar-refractivity contribution in [3.63, 3.8) is 0 Å². The molecule has 0 aliphatic carbocycles. The molecule has 1 saturated heterocycles. The maximum Gasteiger partial charge on any atom is 0.229 e. The first-order chi connectivity index (χ1) is 7.42. The third-order valence-electron chi connectivity index (χ3n) is 3.55. The van der Waals surface area contributed by atoms with Crippen molar-refractivity contribution in [1.29, 1.82) is 0 Å². The van der Waals surface area contributed by atoms with Crippen LogP contribution in [0.3, 0.4) is 0 Å². The van der Waals surface area contributed by atoms with Crippen LogP contribution in [0.25, 0.3) is 0 Å². The van der Waals surface area contributed by atoms with E-state index < -0.39 is 5.41 Å². The quantitative estimate of drug-likeness (QED) is 0.765. The number of piperazine rings is 1. The molecule has 0 aromatic rings. The summed E-state index contributed by atoms with van der Waals surface area (Å²) in [7, 11) is 0. The lowest BCUT2D eigenvalue weighted by Gasteiger charge is -2.41. The maximum atomic E-state index is 12.2. The predicted molar refractivity (Wildman–Crippen MR) is 66.1 cm³/mol. The summed E-state index contributed by atoms with van der Waals surface area (Å²) in [5, 5.41) is 0. The van der Waals surface area contributed by atoms with Gasteiger partial charge in [-0.05, 0) is 27.3 Å². The Morgan fingerprint density at radius 3 is 2.50 bits per heavy atom. The molecular weight excluding hydrogens is 202 g/mol. The Bertz CT molecular complexity index is 253. The average Bonchev–Trinajstić information content (AvgIpc) is 2.27. The molecule has 0 radical (unpaired) electrons. The minimum absolute atomic E-state index is 0.192. The lowest BCUT2D eigenvalue weighted by Crippen LogP contribution is -2.56. The van der Waals surface area contributed by atoms with Gasteiger partial charge in [0.25, 0.3) is 0 Å². The van der Waals surface area contributed by atoms with Crippen molar-refractivity contribution in [2.75, 3.05) is 32.7 Å². The van der Waals surface area contributed by atoms with Gasteiger partial charge in [0.05, 0.1) is 5.41 Å². The van der Waals surface area contributed by atoms with E-state index in [0.29, 0.717) is 12.6 Å². The summed E-state index contributed by atoms with van der Waals surface area (Å²) in [5.74, 6) is 0.192. The zero-order valence-electron chi connectivity index (χ0n) is 11.0. The van der Waals surface area contributed by atoms with Crippen molar-refractivity contribution >= 4 is 5.91 Å². The van der Waals surface area contributed by atoms with Crippen LogP contribution in [0, 0.1) is 5.41 Å². The second kappa shape index (κ2) is 5.15. The van der Waals surface area contributed by atoms with Gasteiger partial charge in [-0.15, -0.1) is 0 Å². The van der Waals surface area contributed by atoms with E-state index in [9.17, 15) is 4.79 Å². The van der Waals surface area contributed by atoms with Crippen LogP contribution in [-0.2, 0) is 4.79 Å². The Balaban J connectivity index is 2.61. The molecule has 94 valence electrons. The zero-order valence-corrected chi connectivity index (χ0v) is 11.0. The minimum Gasteiger partial charge on any atom is -0.339 e. The summed E-state index contributed by atoms with van der Waals surface area (Å²) in [5.41, 5.74) is 5.22. The van der Waals surface area contributed by atoms with Crippen molar-refractivity contribution < 1.29 is 4.79 Å². The van der Waals surface area contributed by atoms with Crippen molar-refractivity contribution in [2.24, 2.45) is 11.1 Å². The SMILES string of the molecule is CCN1CCN(C(=O)C(C)(C)CN)CC1C. The number of carbonyl (C=O) groups excluding carboxylic acids is 1. The summed E-state index contributed by atoms with van der Waals surface area (Å²) >= 11 is 0. The number of hydrogen-bond donors (Lipinski definition) is 1. The van der Waals surface area contributed by atoms with Gasteiger partial charge in [0.1, 0.15) is 0 Å². The van der Waals surface area contributed by atoms with Crippen LogP contribution in [0.15, 0.2) is 0 Å². The summed E-state index contributed by atoms with van der Waals surface area (Å²) in [6.45, 7) is 12.3. The first-order valence-electron chi connectivity index (χ1n) is 6.16. The second-order valence-electron chi connectivity index (χ2n) is 5.32. The lowest BCUT2D eigenvalue weighted by molar-refractivity contribution is -0.142. The third-order valence-corrected chi connectivity index (χ3v) is 3.55. The molecule has 1 atom stereocenters. The Labute approximate surface area is 98.8 Å². The normalized spacial score (nSPS) is 23.6. The van der Waals surface area contributed by atoms with E-state index in [-0.39, 0.29) is 5.91 Å². The number of amides is 1. The number of likely N-dealkylation sites (N-methyl/N-ethyl adjacent to an activating group) is 1. The van der Waals surface area contributed by atoms with Gasteiger partial charge in [0.2, 0.25) is 5.91 Å². The molecule has 4 heteroatoms. The van der Waals surface area contributed by atoms with Crippen LogP contribution in [0.4, 0.5) is 0 Å². The van der Waals surface area contributed by atoms with Crippen LogP contribution in [-0.4, -0.2) is 54.5 Å². The standard InChI is InChI=1S/C12H25N3O/c1-5-14-6-7-15(8-10(14)2)11(16)12(3,4)9-13/h10H,5-9,13H2,1-4H3. The average molecular weight is 227 g/mol. The fraction of sp³-hybridized carbons (Fsp3) is 0.917. The van der Waals surface area contributed by atoms with Gasteiger partial charge in [-0.2, -0.15) is 0 Å². The fourth-order valence-corrected chi connectivity index (χ4v) is 2.16. The summed E-state index contributed by atoms with van der Waals surface area (Å²) in [6.07, 6.45) is 0.